The van der Waals surface area contributed by atoms with Crippen LogP contribution >= 0.6 is 0 Å². The van der Waals surface area contributed by atoms with Crippen molar-refractivity contribution in [1.82, 2.24) is 0 Å². The van der Waals surface area contributed by atoms with E-state index in [1.54, 1.807) is 19.1 Å². The van der Waals surface area contributed by atoms with Crippen LogP contribution in [-0.2, 0) is 14.8 Å². The highest BCUT2D eigenvalue weighted by Crippen LogP contribution is 2.25. The summed E-state index contributed by atoms with van der Waals surface area (Å²) in [7, 11) is -3.63. The zero-order valence-corrected chi connectivity index (χ0v) is 16.9. The fourth-order valence-electron chi connectivity index (χ4n) is 2.91. The minimum Gasteiger partial charge on any atom is -0.324 e. The Morgan fingerprint density at radius 3 is 2.04 bits per heavy atom. The Morgan fingerprint density at radius 1 is 0.962 bits per heavy atom. The van der Waals surface area contributed by atoms with Crippen LogP contribution in [0.2, 0.25) is 0 Å². The first-order valence-corrected chi connectivity index (χ1v) is 10.3. The van der Waals surface area contributed by atoms with Crippen molar-refractivity contribution in [3.63, 3.8) is 0 Å². The Labute approximate surface area is 156 Å². The number of hydrogen-bond donors (Lipinski definition) is 1. The lowest BCUT2D eigenvalue weighted by Crippen LogP contribution is -2.45. The summed E-state index contributed by atoms with van der Waals surface area (Å²) in [6.07, 6.45) is 1.12. The van der Waals surface area contributed by atoms with E-state index in [0.717, 1.165) is 34.2 Å². The second-order valence-corrected chi connectivity index (χ2v) is 8.62. The Morgan fingerprint density at radius 2 is 1.54 bits per heavy atom. The average Bonchev–Trinajstić information content (AvgIpc) is 2.53. The third kappa shape index (κ3) is 4.25. The van der Waals surface area contributed by atoms with Crippen LogP contribution in [0, 0.1) is 27.7 Å². The molecule has 0 heterocycles. The van der Waals surface area contributed by atoms with Crippen molar-refractivity contribution >= 4 is 27.3 Å². The number of amides is 1. The third-order valence-corrected chi connectivity index (χ3v) is 5.80. The zero-order valence-electron chi connectivity index (χ0n) is 16.1. The van der Waals surface area contributed by atoms with Crippen molar-refractivity contribution in [2.24, 2.45) is 0 Å². The molecule has 2 aromatic rings. The SMILES string of the molecule is Cc1ccc(N([C@@H](C)C(=O)Nc2c(C)cccc2C)S(C)(=O)=O)cc1C. The van der Waals surface area contributed by atoms with Gasteiger partial charge in [0.1, 0.15) is 6.04 Å². The fourth-order valence-corrected chi connectivity index (χ4v) is 4.08. The Bertz CT molecular complexity index is 916. The molecule has 0 aliphatic carbocycles. The molecule has 0 bridgehead atoms. The van der Waals surface area contributed by atoms with E-state index >= 15 is 0 Å². The number of benzene rings is 2. The largest absolute Gasteiger partial charge is 0.324 e. The summed E-state index contributed by atoms with van der Waals surface area (Å²) in [5.41, 5.74) is 5.11. The van der Waals surface area contributed by atoms with Crippen molar-refractivity contribution < 1.29 is 13.2 Å². The molecule has 0 saturated heterocycles. The van der Waals surface area contributed by atoms with E-state index in [4.69, 9.17) is 0 Å². The zero-order chi connectivity index (χ0) is 19.6. The lowest BCUT2D eigenvalue weighted by molar-refractivity contribution is -0.116. The number of anilines is 2. The van der Waals surface area contributed by atoms with Gasteiger partial charge >= 0.3 is 0 Å². The highest BCUT2D eigenvalue weighted by atomic mass is 32.2. The van der Waals surface area contributed by atoms with E-state index < -0.39 is 16.1 Å². The molecule has 140 valence electrons. The molecule has 0 fully saturated rings. The summed E-state index contributed by atoms with van der Waals surface area (Å²) in [6.45, 7) is 9.29. The van der Waals surface area contributed by atoms with Gasteiger partial charge in [-0.05, 0) is 69.0 Å². The van der Waals surface area contributed by atoms with Crippen LogP contribution < -0.4 is 9.62 Å². The molecule has 0 aromatic heterocycles. The normalized spacial score (nSPS) is 12.5. The minimum atomic E-state index is -3.63. The molecular formula is C20H26N2O3S. The van der Waals surface area contributed by atoms with Gasteiger partial charge < -0.3 is 5.32 Å². The number of aryl methyl sites for hydroxylation is 4. The molecule has 0 saturated carbocycles. The Balaban J connectivity index is 2.39. The number of carbonyl (C=O) groups is 1. The summed E-state index contributed by atoms with van der Waals surface area (Å²) >= 11 is 0. The monoisotopic (exact) mass is 374 g/mol. The van der Waals surface area contributed by atoms with E-state index in [1.165, 1.54) is 4.31 Å². The first-order chi connectivity index (χ1) is 12.0. The van der Waals surface area contributed by atoms with Gasteiger partial charge in [0.25, 0.3) is 0 Å². The van der Waals surface area contributed by atoms with E-state index in [2.05, 4.69) is 5.32 Å². The maximum atomic E-state index is 12.8. The lowest BCUT2D eigenvalue weighted by Gasteiger charge is -2.29. The maximum absolute atomic E-state index is 12.8. The third-order valence-electron chi connectivity index (χ3n) is 4.56. The second-order valence-electron chi connectivity index (χ2n) is 6.76. The van der Waals surface area contributed by atoms with Gasteiger partial charge in [0, 0.05) is 5.69 Å². The quantitative estimate of drug-likeness (QED) is 0.867. The highest BCUT2D eigenvalue weighted by molar-refractivity contribution is 7.92. The van der Waals surface area contributed by atoms with Crippen LogP contribution in [0.25, 0.3) is 0 Å². The van der Waals surface area contributed by atoms with Gasteiger partial charge in [0.15, 0.2) is 0 Å². The number of sulfonamides is 1. The molecule has 2 rings (SSSR count). The van der Waals surface area contributed by atoms with Crippen LogP contribution in [0.15, 0.2) is 36.4 Å². The molecular weight excluding hydrogens is 348 g/mol. The summed E-state index contributed by atoms with van der Waals surface area (Å²) in [5.74, 6) is -0.369. The van der Waals surface area contributed by atoms with E-state index in [1.807, 2.05) is 52.0 Å². The molecule has 5 nitrogen and oxygen atoms in total. The van der Waals surface area contributed by atoms with Gasteiger partial charge in [0.2, 0.25) is 15.9 Å². The molecule has 2 aromatic carbocycles. The molecule has 6 heteroatoms. The van der Waals surface area contributed by atoms with Crippen LogP contribution in [0.1, 0.15) is 29.2 Å². The van der Waals surface area contributed by atoms with Gasteiger partial charge in [-0.15, -0.1) is 0 Å². The predicted molar refractivity (Wildman–Crippen MR) is 107 cm³/mol. The first-order valence-electron chi connectivity index (χ1n) is 8.46. The molecule has 1 N–H and O–H groups in total. The van der Waals surface area contributed by atoms with Crippen LogP contribution in [0.4, 0.5) is 11.4 Å². The number of nitrogens with zero attached hydrogens (tertiary/aromatic N) is 1. The first kappa shape index (κ1) is 20.0. The molecule has 0 aliphatic heterocycles. The highest BCUT2D eigenvalue weighted by Gasteiger charge is 2.29. The maximum Gasteiger partial charge on any atom is 0.248 e. The number of hydrogen-bond acceptors (Lipinski definition) is 3. The smallest absolute Gasteiger partial charge is 0.248 e. The number of rotatable bonds is 5. The molecule has 26 heavy (non-hydrogen) atoms. The van der Waals surface area contributed by atoms with Gasteiger partial charge in [-0.2, -0.15) is 0 Å². The van der Waals surface area contributed by atoms with Gasteiger partial charge in [-0.3, -0.25) is 9.10 Å². The fraction of sp³-hybridized carbons (Fsp3) is 0.350. The molecule has 1 amide bonds. The van der Waals surface area contributed by atoms with E-state index in [-0.39, 0.29) is 5.91 Å². The standard InChI is InChI=1S/C20H26N2O3S/c1-13-10-11-18(12-16(13)4)22(26(6,24)25)17(5)20(23)21-19-14(2)8-7-9-15(19)3/h7-12,17H,1-6H3,(H,21,23)/t17-/m0/s1. The number of para-hydroxylation sites is 1. The Hall–Kier alpha value is -2.34. The van der Waals surface area contributed by atoms with Crippen molar-refractivity contribution in [3.8, 4) is 0 Å². The second kappa shape index (κ2) is 7.50. The number of carbonyl (C=O) groups excluding carboxylic acids is 1. The summed E-state index contributed by atoms with van der Waals surface area (Å²) < 4.78 is 26.0. The van der Waals surface area contributed by atoms with Crippen molar-refractivity contribution in [2.75, 3.05) is 15.9 Å². The number of nitrogens with one attached hydrogen (secondary N) is 1. The predicted octanol–water partition coefficient (Wildman–Crippen LogP) is 3.71. The molecule has 0 unspecified atom stereocenters. The van der Waals surface area contributed by atoms with Crippen molar-refractivity contribution in [3.05, 3.63) is 58.7 Å². The molecule has 0 aliphatic rings. The van der Waals surface area contributed by atoms with Crippen LogP contribution in [-0.4, -0.2) is 26.6 Å². The summed E-state index contributed by atoms with van der Waals surface area (Å²) in [6, 6.07) is 10.2. The average molecular weight is 375 g/mol. The van der Waals surface area contributed by atoms with E-state index in [9.17, 15) is 13.2 Å². The Kier molecular flexibility index (Phi) is 5.76. The topological polar surface area (TPSA) is 66.5 Å². The molecule has 1 atom stereocenters. The minimum absolute atomic E-state index is 0.369. The summed E-state index contributed by atoms with van der Waals surface area (Å²) in [4.78, 5) is 12.8. The van der Waals surface area contributed by atoms with Crippen molar-refractivity contribution in [2.45, 2.75) is 40.7 Å². The molecule has 0 radical (unpaired) electrons. The van der Waals surface area contributed by atoms with Crippen molar-refractivity contribution in [1.29, 1.82) is 0 Å². The van der Waals surface area contributed by atoms with Gasteiger partial charge in [-0.1, -0.05) is 24.3 Å². The van der Waals surface area contributed by atoms with E-state index in [0.29, 0.717) is 5.69 Å². The molecule has 0 spiro atoms. The lowest BCUT2D eigenvalue weighted by atomic mass is 10.1. The summed E-state index contributed by atoms with van der Waals surface area (Å²) in [5, 5.41) is 2.88. The van der Waals surface area contributed by atoms with Gasteiger partial charge in [0.05, 0.1) is 11.9 Å². The van der Waals surface area contributed by atoms with Crippen LogP contribution in [0.3, 0.4) is 0 Å². The van der Waals surface area contributed by atoms with Crippen LogP contribution in [0.5, 0.6) is 0 Å². The van der Waals surface area contributed by atoms with Gasteiger partial charge in [-0.25, -0.2) is 8.42 Å².